The predicted molar refractivity (Wildman–Crippen MR) is 65.1 cm³/mol. The number of nitrogens with one attached hydrogen (secondary N) is 1. The van der Waals surface area contributed by atoms with Crippen molar-refractivity contribution >= 4 is 17.6 Å². The van der Waals surface area contributed by atoms with Crippen molar-refractivity contribution in [2.24, 2.45) is 0 Å². The summed E-state index contributed by atoms with van der Waals surface area (Å²) in [6.07, 6.45) is 0. The number of rotatable bonds is 4. The summed E-state index contributed by atoms with van der Waals surface area (Å²) in [6.45, 7) is -0.128. The Bertz CT molecular complexity index is 416. The lowest BCUT2D eigenvalue weighted by Gasteiger charge is -2.16. The van der Waals surface area contributed by atoms with Crippen molar-refractivity contribution in [3.8, 4) is 0 Å². The average Bonchev–Trinajstić information content (AvgIpc) is 2.35. The van der Waals surface area contributed by atoms with Gasteiger partial charge >= 0.3 is 5.97 Å². The van der Waals surface area contributed by atoms with Crippen LogP contribution < -0.4 is 10.2 Å². The van der Waals surface area contributed by atoms with Gasteiger partial charge in [0.2, 0.25) is 0 Å². The zero-order valence-electron chi connectivity index (χ0n) is 10.2. The van der Waals surface area contributed by atoms with Gasteiger partial charge in [0.15, 0.2) is 0 Å². The van der Waals surface area contributed by atoms with E-state index in [9.17, 15) is 9.59 Å². The molecule has 0 atom stereocenters. The van der Waals surface area contributed by atoms with Crippen LogP contribution in [-0.2, 0) is 9.53 Å². The lowest BCUT2D eigenvalue weighted by atomic mass is 10.1. The minimum Gasteiger partial charge on any atom is -0.468 e. The smallest absolute Gasteiger partial charge is 0.325 e. The van der Waals surface area contributed by atoms with Crippen LogP contribution in [0.25, 0.3) is 0 Å². The second-order valence-electron chi connectivity index (χ2n) is 3.67. The van der Waals surface area contributed by atoms with Gasteiger partial charge in [-0.15, -0.1) is 0 Å². The quantitative estimate of drug-likeness (QED) is 0.780. The van der Waals surface area contributed by atoms with Gasteiger partial charge in [-0.3, -0.25) is 9.59 Å². The van der Waals surface area contributed by atoms with Gasteiger partial charge in [-0.05, 0) is 12.1 Å². The summed E-state index contributed by atoms with van der Waals surface area (Å²) in [6, 6.07) is 7.18. The number of benzene rings is 1. The second-order valence-corrected chi connectivity index (χ2v) is 3.67. The average molecular weight is 236 g/mol. The number of carbonyl (C=O) groups is 2. The fourth-order valence-electron chi connectivity index (χ4n) is 1.38. The van der Waals surface area contributed by atoms with Crippen LogP contribution in [0.3, 0.4) is 0 Å². The summed E-state index contributed by atoms with van der Waals surface area (Å²) >= 11 is 0. The van der Waals surface area contributed by atoms with Gasteiger partial charge in [-0.2, -0.15) is 0 Å². The number of carbonyl (C=O) groups excluding carboxylic acids is 2. The lowest BCUT2D eigenvalue weighted by molar-refractivity contribution is -0.139. The highest BCUT2D eigenvalue weighted by atomic mass is 16.5. The molecular formula is C12H16N2O3. The van der Waals surface area contributed by atoms with Gasteiger partial charge in [0.05, 0.1) is 12.7 Å². The first-order chi connectivity index (χ1) is 8.06. The maximum atomic E-state index is 11.8. The second kappa shape index (κ2) is 5.89. The van der Waals surface area contributed by atoms with Gasteiger partial charge in [0.25, 0.3) is 5.91 Å². The van der Waals surface area contributed by atoms with E-state index in [1.165, 1.54) is 7.11 Å². The third-order valence-electron chi connectivity index (χ3n) is 2.25. The highest BCUT2D eigenvalue weighted by Crippen LogP contribution is 2.17. The molecule has 0 saturated carbocycles. The Hall–Kier alpha value is -2.04. The van der Waals surface area contributed by atoms with Crippen LogP contribution >= 0.6 is 0 Å². The largest absolute Gasteiger partial charge is 0.468 e. The first-order valence-electron chi connectivity index (χ1n) is 5.17. The number of hydrogen-bond donors (Lipinski definition) is 1. The fraction of sp³-hybridized carbons (Fsp3) is 0.333. The van der Waals surface area contributed by atoms with E-state index in [4.69, 9.17) is 0 Å². The van der Waals surface area contributed by atoms with E-state index in [2.05, 4.69) is 10.1 Å². The number of nitrogens with zero attached hydrogens (tertiary/aromatic N) is 1. The molecule has 1 N–H and O–H groups in total. The van der Waals surface area contributed by atoms with E-state index >= 15 is 0 Å². The number of ether oxygens (including phenoxy) is 1. The molecule has 5 heteroatoms. The summed E-state index contributed by atoms with van der Waals surface area (Å²) < 4.78 is 4.45. The molecule has 5 nitrogen and oxygen atoms in total. The molecule has 0 fully saturated rings. The molecule has 92 valence electrons. The Morgan fingerprint density at radius 1 is 1.29 bits per heavy atom. The molecule has 0 unspecified atom stereocenters. The molecule has 17 heavy (non-hydrogen) atoms. The van der Waals surface area contributed by atoms with Gasteiger partial charge in [0.1, 0.15) is 6.54 Å². The molecular weight excluding hydrogens is 220 g/mol. The molecule has 0 aliphatic heterocycles. The number of esters is 1. The molecule has 1 aromatic rings. The summed E-state index contributed by atoms with van der Waals surface area (Å²) in [5.74, 6) is -0.764. The SMILES string of the molecule is COC(=O)CNC(=O)c1ccccc1N(C)C. The Morgan fingerprint density at radius 2 is 1.94 bits per heavy atom. The summed E-state index contributed by atoms with van der Waals surface area (Å²) in [7, 11) is 4.99. The van der Waals surface area contributed by atoms with Crippen molar-refractivity contribution in [3.63, 3.8) is 0 Å². The fourth-order valence-corrected chi connectivity index (χ4v) is 1.38. The van der Waals surface area contributed by atoms with Crippen LogP contribution in [-0.4, -0.2) is 39.6 Å². The summed E-state index contributed by atoms with van der Waals surface area (Å²) in [5.41, 5.74) is 1.33. The van der Waals surface area contributed by atoms with Gasteiger partial charge in [-0.25, -0.2) is 0 Å². The van der Waals surface area contributed by atoms with Crippen molar-refractivity contribution in [1.29, 1.82) is 0 Å². The Morgan fingerprint density at radius 3 is 2.53 bits per heavy atom. The number of anilines is 1. The highest BCUT2D eigenvalue weighted by Gasteiger charge is 2.12. The van der Waals surface area contributed by atoms with Crippen molar-refractivity contribution < 1.29 is 14.3 Å². The third kappa shape index (κ3) is 3.48. The lowest BCUT2D eigenvalue weighted by Crippen LogP contribution is -2.31. The standard InChI is InChI=1S/C12H16N2O3/c1-14(2)10-7-5-4-6-9(10)12(16)13-8-11(15)17-3/h4-7H,8H2,1-3H3,(H,13,16). The Kier molecular flexibility index (Phi) is 4.51. The molecule has 0 aromatic heterocycles. The molecule has 1 aromatic carbocycles. The Balaban J connectivity index is 2.78. The van der Waals surface area contributed by atoms with Crippen LogP contribution in [0.15, 0.2) is 24.3 Å². The monoisotopic (exact) mass is 236 g/mol. The topological polar surface area (TPSA) is 58.6 Å². The van der Waals surface area contributed by atoms with Crippen LogP contribution in [0.5, 0.6) is 0 Å². The zero-order valence-corrected chi connectivity index (χ0v) is 10.2. The Labute approximate surface area is 100 Å². The van der Waals surface area contributed by atoms with E-state index in [1.54, 1.807) is 12.1 Å². The molecule has 0 aliphatic carbocycles. The van der Waals surface area contributed by atoms with Crippen molar-refractivity contribution in [1.82, 2.24) is 5.32 Å². The first-order valence-corrected chi connectivity index (χ1v) is 5.17. The highest BCUT2D eigenvalue weighted by molar-refractivity contribution is 6.00. The first kappa shape index (κ1) is 13.0. The van der Waals surface area contributed by atoms with Gasteiger partial charge < -0.3 is 15.0 Å². The summed E-state index contributed by atoms with van der Waals surface area (Å²) in [5, 5.41) is 2.50. The number of methoxy groups -OCH3 is 1. The van der Waals surface area contributed by atoms with E-state index < -0.39 is 5.97 Å². The van der Waals surface area contributed by atoms with Crippen LogP contribution in [0.4, 0.5) is 5.69 Å². The van der Waals surface area contributed by atoms with Crippen molar-refractivity contribution in [2.45, 2.75) is 0 Å². The molecule has 1 amide bonds. The number of hydrogen-bond acceptors (Lipinski definition) is 4. The predicted octanol–water partition coefficient (Wildman–Crippen LogP) is 0.655. The normalized spacial score (nSPS) is 9.59. The maximum Gasteiger partial charge on any atom is 0.325 e. The van der Waals surface area contributed by atoms with Crippen molar-refractivity contribution in [2.75, 3.05) is 32.6 Å². The van der Waals surface area contributed by atoms with Crippen LogP contribution in [0, 0.1) is 0 Å². The van der Waals surface area contributed by atoms with E-state index in [0.717, 1.165) is 5.69 Å². The third-order valence-corrected chi connectivity index (χ3v) is 2.25. The number of para-hydroxylation sites is 1. The molecule has 0 bridgehead atoms. The van der Waals surface area contributed by atoms with Crippen molar-refractivity contribution in [3.05, 3.63) is 29.8 Å². The molecule has 0 heterocycles. The molecule has 1 rings (SSSR count). The molecule has 0 saturated heterocycles. The maximum absolute atomic E-state index is 11.8. The summed E-state index contributed by atoms with van der Waals surface area (Å²) in [4.78, 5) is 24.6. The molecule has 0 radical (unpaired) electrons. The zero-order chi connectivity index (χ0) is 12.8. The molecule has 0 spiro atoms. The van der Waals surface area contributed by atoms with E-state index in [-0.39, 0.29) is 12.5 Å². The van der Waals surface area contributed by atoms with Crippen LogP contribution in [0.1, 0.15) is 10.4 Å². The minimum atomic E-state index is -0.472. The van der Waals surface area contributed by atoms with E-state index in [1.807, 2.05) is 31.1 Å². The van der Waals surface area contributed by atoms with Gasteiger partial charge in [0, 0.05) is 19.8 Å². The van der Waals surface area contributed by atoms with Gasteiger partial charge in [-0.1, -0.05) is 12.1 Å². The minimum absolute atomic E-state index is 0.128. The molecule has 0 aliphatic rings. The van der Waals surface area contributed by atoms with Crippen LogP contribution in [0.2, 0.25) is 0 Å². The number of amides is 1. The van der Waals surface area contributed by atoms with E-state index in [0.29, 0.717) is 5.56 Å².